The number of carbonyl (C=O) groups is 1. The van der Waals surface area contributed by atoms with Crippen molar-refractivity contribution in [3.63, 3.8) is 0 Å². The van der Waals surface area contributed by atoms with Gasteiger partial charge < -0.3 is 10.1 Å². The number of hydrogen-bond acceptors (Lipinski definition) is 5. The molecule has 1 fully saturated rings. The number of carbonyl (C=O) groups excluding carboxylic acids is 1. The topological polar surface area (TPSA) is 84.9 Å². The van der Waals surface area contributed by atoms with E-state index < -0.39 is 21.3 Å². The number of nitrogens with zero attached hydrogens (tertiary/aromatic N) is 1. The molecule has 2 aromatic carbocycles. The summed E-state index contributed by atoms with van der Waals surface area (Å²) in [7, 11) is -1.58. The number of sulfonamides is 1. The Bertz CT molecular complexity index is 1040. The van der Waals surface area contributed by atoms with Crippen LogP contribution in [0, 0.1) is 5.82 Å². The summed E-state index contributed by atoms with van der Waals surface area (Å²) in [5, 5.41) is 2.87. The summed E-state index contributed by atoms with van der Waals surface area (Å²) in [5.41, 5.74) is 0.659. The number of halogens is 2. The van der Waals surface area contributed by atoms with Gasteiger partial charge in [-0.15, -0.1) is 0 Å². The smallest absolute Gasteiger partial charge is 0.266 e. The van der Waals surface area contributed by atoms with Crippen LogP contribution < -0.4 is 5.32 Å². The molecule has 1 saturated heterocycles. The highest BCUT2D eigenvalue weighted by Crippen LogP contribution is 2.34. The van der Waals surface area contributed by atoms with Crippen LogP contribution in [0.25, 0.3) is 0 Å². The van der Waals surface area contributed by atoms with Crippen LogP contribution in [0.2, 0.25) is 5.02 Å². The van der Waals surface area contributed by atoms with E-state index in [1.807, 2.05) is 0 Å². The number of ether oxygens (including phenoxy) is 1. The van der Waals surface area contributed by atoms with E-state index in [0.29, 0.717) is 37.1 Å². The molecule has 0 bridgehead atoms. The van der Waals surface area contributed by atoms with E-state index in [9.17, 15) is 17.6 Å². The summed E-state index contributed by atoms with van der Waals surface area (Å²) in [4.78, 5) is 17.4. The van der Waals surface area contributed by atoms with Crippen LogP contribution in [0.15, 0.2) is 47.4 Å². The van der Waals surface area contributed by atoms with Crippen molar-refractivity contribution in [3.05, 3.63) is 64.4 Å². The lowest BCUT2D eigenvalue weighted by molar-refractivity contribution is -0.0258. The highest BCUT2D eigenvalue weighted by atomic mass is 35.5. The minimum atomic E-state index is -4.02. The third-order valence-corrected chi connectivity index (χ3v) is 7.72. The van der Waals surface area contributed by atoms with E-state index in [2.05, 4.69) is 5.32 Å². The molecule has 1 aliphatic heterocycles. The molecule has 1 amide bonds. The van der Waals surface area contributed by atoms with Crippen LogP contribution in [0.4, 0.5) is 4.39 Å². The number of benzene rings is 2. The van der Waals surface area contributed by atoms with E-state index in [1.165, 1.54) is 44.5 Å². The van der Waals surface area contributed by atoms with Gasteiger partial charge in [-0.3, -0.25) is 9.63 Å². The van der Waals surface area contributed by atoms with E-state index in [4.69, 9.17) is 21.2 Å². The fraction of sp³-hybridized carbons (Fsp3) is 0.381. The first-order valence-corrected chi connectivity index (χ1v) is 11.5. The van der Waals surface area contributed by atoms with E-state index in [-0.39, 0.29) is 21.3 Å². The van der Waals surface area contributed by atoms with Crippen molar-refractivity contribution >= 4 is 27.5 Å². The summed E-state index contributed by atoms with van der Waals surface area (Å²) in [6, 6.07) is 10.3. The second kappa shape index (κ2) is 9.62. The first-order chi connectivity index (χ1) is 14.7. The Balaban J connectivity index is 1.83. The summed E-state index contributed by atoms with van der Waals surface area (Å²) in [6.45, 7) is 1.35. The molecular formula is C21H24ClFN2O5S. The molecule has 0 atom stereocenters. The Morgan fingerprint density at radius 1 is 1.23 bits per heavy atom. The molecule has 0 saturated carbocycles. The van der Waals surface area contributed by atoms with Crippen LogP contribution in [-0.2, 0) is 25.0 Å². The van der Waals surface area contributed by atoms with Crippen molar-refractivity contribution < 1.29 is 27.2 Å². The van der Waals surface area contributed by atoms with E-state index >= 15 is 0 Å². The van der Waals surface area contributed by atoms with Crippen LogP contribution in [-0.4, -0.2) is 52.7 Å². The zero-order valence-electron chi connectivity index (χ0n) is 17.2. The van der Waals surface area contributed by atoms with Crippen molar-refractivity contribution in [2.24, 2.45) is 0 Å². The van der Waals surface area contributed by atoms with Gasteiger partial charge in [-0.1, -0.05) is 28.2 Å². The number of nitrogens with one attached hydrogen (secondary N) is 1. The zero-order chi connectivity index (χ0) is 22.6. The maximum Gasteiger partial charge on any atom is 0.266 e. The first-order valence-electron chi connectivity index (χ1n) is 9.64. The van der Waals surface area contributed by atoms with Crippen molar-refractivity contribution in [1.29, 1.82) is 0 Å². The Morgan fingerprint density at radius 3 is 2.48 bits per heavy atom. The molecule has 2 aromatic rings. The van der Waals surface area contributed by atoms with Gasteiger partial charge in [0.1, 0.15) is 10.7 Å². The molecule has 168 valence electrons. The standard InChI is InChI=1S/C21H24ClFN2O5S/c1-25(29-2)31(27,28)19-13-15(3-8-18(19)22)20(26)24-14-21(9-11-30-12-10-21)16-4-6-17(23)7-5-16/h3-8,13H,9-12,14H2,1-2H3,(H,24,26). The molecule has 0 aromatic heterocycles. The van der Waals surface area contributed by atoms with Gasteiger partial charge in [0.2, 0.25) is 0 Å². The number of amides is 1. The van der Waals surface area contributed by atoms with Gasteiger partial charge in [-0.2, -0.15) is 0 Å². The number of hydroxylamine groups is 1. The molecule has 3 rings (SSSR count). The van der Waals surface area contributed by atoms with Crippen molar-refractivity contribution in [1.82, 2.24) is 9.79 Å². The van der Waals surface area contributed by atoms with Crippen molar-refractivity contribution in [2.45, 2.75) is 23.2 Å². The second-order valence-corrected chi connectivity index (χ2v) is 9.64. The van der Waals surface area contributed by atoms with Crippen LogP contribution >= 0.6 is 11.6 Å². The predicted molar refractivity (Wildman–Crippen MR) is 114 cm³/mol. The normalized spacial score (nSPS) is 16.3. The Morgan fingerprint density at radius 2 is 1.87 bits per heavy atom. The lowest BCUT2D eigenvalue weighted by atomic mass is 9.74. The molecule has 31 heavy (non-hydrogen) atoms. The van der Waals surface area contributed by atoms with Gasteiger partial charge in [0, 0.05) is 37.8 Å². The molecular weight excluding hydrogens is 447 g/mol. The summed E-state index contributed by atoms with van der Waals surface area (Å²) < 4.78 is 44.7. The lowest BCUT2D eigenvalue weighted by Crippen LogP contribution is -2.44. The predicted octanol–water partition coefficient (Wildman–Crippen LogP) is 3.14. The number of rotatable bonds is 7. The lowest BCUT2D eigenvalue weighted by Gasteiger charge is -2.38. The van der Waals surface area contributed by atoms with Gasteiger partial charge in [0.25, 0.3) is 15.9 Å². The molecule has 1 heterocycles. The molecule has 0 radical (unpaired) electrons. The zero-order valence-corrected chi connectivity index (χ0v) is 18.8. The van der Waals surface area contributed by atoms with Gasteiger partial charge in [-0.25, -0.2) is 12.8 Å². The van der Waals surface area contributed by atoms with Gasteiger partial charge in [0.05, 0.1) is 12.1 Å². The molecule has 1 aliphatic rings. The average molecular weight is 471 g/mol. The van der Waals surface area contributed by atoms with E-state index in [1.54, 1.807) is 12.1 Å². The van der Waals surface area contributed by atoms with Gasteiger partial charge in [-0.05, 0) is 48.7 Å². The highest BCUT2D eigenvalue weighted by molar-refractivity contribution is 7.89. The second-order valence-electron chi connectivity index (χ2n) is 7.32. The molecule has 0 spiro atoms. The quantitative estimate of drug-likeness (QED) is 0.628. The summed E-state index contributed by atoms with van der Waals surface area (Å²) in [5.74, 6) is -0.771. The fourth-order valence-electron chi connectivity index (χ4n) is 3.56. The maximum absolute atomic E-state index is 13.4. The largest absolute Gasteiger partial charge is 0.381 e. The first kappa shape index (κ1) is 23.6. The van der Waals surface area contributed by atoms with E-state index in [0.717, 1.165) is 5.56 Å². The number of hydrogen-bond donors (Lipinski definition) is 1. The molecule has 0 aliphatic carbocycles. The molecule has 7 nitrogen and oxygen atoms in total. The third kappa shape index (κ3) is 5.07. The minimum Gasteiger partial charge on any atom is -0.381 e. The maximum atomic E-state index is 13.4. The minimum absolute atomic E-state index is 0.0207. The van der Waals surface area contributed by atoms with Gasteiger partial charge in [0.15, 0.2) is 0 Å². The summed E-state index contributed by atoms with van der Waals surface area (Å²) in [6.07, 6.45) is 1.33. The van der Waals surface area contributed by atoms with Crippen molar-refractivity contribution in [3.8, 4) is 0 Å². The molecule has 1 N–H and O–H groups in total. The summed E-state index contributed by atoms with van der Waals surface area (Å²) >= 11 is 6.06. The van der Waals surface area contributed by atoms with Gasteiger partial charge >= 0.3 is 0 Å². The Kier molecular flexibility index (Phi) is 7.33. The Hall–Kier alpha value is -2.04. The van der Waals surface area contributed by atoms with Crippen LogP contribution in [0.1, 0.15) is 28.8 Å². The monoisotopic (exact) mass is 470 g/mol. The average Bonchev–Trinajstić information content (AvgIpc) is 2.78. The highest BCUT2D eigenvalue weighted by Gasteiger charge is 2.35. The van der Waals surface area contributed by atoms with Crippen LogP contribution in [0.5, 0.6) is 0 Å². The fourth-order valence-corrected chi connectivity index (χ4v) is 5.04. The third-order valence-electron chi connectivity index (χ3n) is 5.56. The Labute approximate surface area is 186 Å². The molecule has 10 heteroatoms. The van der Waals surface area contributed by atoms with Crippen molar-refractivity contribution in [2.75, 3.05) is 33.9 Å². The molecule has 0 unspecified atom stereocenters. The van der Waals surface area contributed by atoms with Crippen LogP contribution in [0.3, 0.4) is 0 Å². The SMILES string of the molecule is CON(C)S(=O)(=O)c1cc(C(=O)NCC2(c3ccc(F)cc3)CCOCC2)ccc1Cl.